The molecule has 4 heteroatoms. The monoisotopic (exact) mass is 170 g/mol. The molecule has 1 saturated heterocycles. The molecule has 12 heavy (non-hydrogen) atoms. The van der Waals surface area contributed by atoms with Crippen molar-refractivity contribution in [3.63, 3.8) is 0 Å². The van der Waals surface area contributed by atoms with Crippen molar-refractivity contribution in [3.8, 4) is 0 Å². The van der Waals surface area contributed by atoms with E-state index in [9.17, 15) is 4.79 Å². The highest BCUT2D eigenvalue weighted by atomic mass is 16.6. The minimum atomic E-state index is -0.335. The van der Waals surface area contributed by atoms with Crippen molar-refractivity contribution in [2.75, 3.05) is 6.54 Å². The summed E-state index contributed by atoms with van der Waals surface area (Å²) in [4.78, 5) is 10.8. The van der Waals surface area contributed by atoms with Crippen molar-refractivity contribution in [2.45, 2.75) is 31.8 Å². The largest absolute Gasteiger partial charge is 0.444 e. The van der Waals surface area contributed by atoms with Gasteiger partial charge in [0.1, 0.15) is 6.10 Å². The molecule has 68 valence electrons. The SMILES string of the molecule is O=C1NNCC(C2CCCC2)O1. The van der Waals surface area contributed by atoms with Crippen molar-refractivity contribution in [1.82, 2.24) is 10.9 Å². The molecule has 2 rings (SSSR count). The lowest BCUT2D eigenvalue weighted by atomic mass is 10.0. The summed E-state index contributed by atoms with van der Waals surface area (Å²) in [5, 5.41) is 0. The molecule has 2 aliphatic rings. The lowest BCUT2D eigenvalue weighted by Crippen LogP contribution is -2.52. The van der Waals surface area contributed by atoms with E-state index in [2.05, 4.69) is 10.9 Å². The predicted octanol–water partition coefficient (Wildman–Crippen LogP) is 0.790. The summed E-state index contributed by atoms with van der Waals surface area (Å²) in [6.07, 6.45) is 4.75. The number of rotatable bonds is 1. The number of hydrogen-bond acceptors (Lipinski definition) is 3. The molecule has 0 aromatic rings. The highest BCUT2D eigenvalue weighted by Gasteiger charge is 2.30. The Bertz CT molecular complexity index is 178. The van der Waals surface area contributed by atoms with E-state index in [1.165, 1.54) is 25.7 Å². The van der Waals surface area contributed by atoms with Crippen molar-refractivity contribution in [2.24, 2.45) is 5.92 Å². The smallest absolute Gasteiger partial charge is 0.421 e. The lowest BCUT2D eigenvalue weighted by molar-refractivity contribution is 0.0362. The second-order valence-corrected chi connectivity index (χ2v) is 3.49. The molecule has 1 amide bonds. The first-order chi connectivity index (χ1) is 5.86. The van der Waals surface area contributed by atoms with Gasteiger partial charge in [0.15, 0.2) is 0 Å². The van der Waals surface area contributed by atoms with Crippen LogP contribution >= 0.6 is 0 Å². The maximum absolute atomic E-state index is 10.8. The maximum Gasteiger partial charge on any atom is 0.421 e. The molecule has 0 spiro atoms. The van der Waals surface area contributed by atoms with Gasteiger partial charge in [-0.2, -0.15) is 0 Å². The molecule has 0 bridgehead atoms. The zero-order valence-corrected chi connectivity index (χ0v) is 7.01. The zero-order chi connectivity index (χ0) is 8.39. The van der Waals surface area contributed by atoms with Crippen LogP contribution in [0.25, 0.3) is 0 Å². The number of amides is 1. The highest BCUT2D eigenvalue weighted by Crippen LogP contribution is 2.29. The fourth-order valence-electron chi connectivity index (χ4n) is 2.02. The standard InChI is InChI=1S/C8H14N2O2/c11-8-10-9-5-7(12-8)6-3-1-2-4-6/h6-7,9H,1-5H2,(H,10,11). The third-order valence-corrected chi connectivity index (χ3v) is 2.68. The molecule has 0 aromatic carbocycles. The van der Waals surface area contributed by atoms with Gasteiger partial charge in [-0.25, -0.2) is 10.2 Å². The van der Waals surface area contributed by atoms with Gasteiger partial charge in [-0.15, -0.1) is 0 Å². The normalized spacial score (nSPS) is 31.3. The van der Waals surface area contributed by atoms with E-state index in [1.54, 1.807) is 0 Å². The number of hydrogen-bond donors (Lipinski definition) is 2. The molecule has 1 atom stereocenters. The molecule has 1 saturated carbocycles. The highest BCUT2D eigenvalue weighted by molar-refractivity contribution is 5.67. The summed E-state index contributed by atoms with van der Waals surface area (Å²) in [6, 6.07) is 0. The molecule has 1 unspecified atom stereocenters. The Morgan fingerprint density at radius 3 is 2.75 bits per heavy atom. The van der Waals surface area contributed by atoms with Crippen LogP contribution in [-0.2, 0) is 4.74 Å². The van der Waals surface area contributed by atoms with Crippen LogP contribution in [0.3, 0.4) is 0 Å². The first kappa shape index (κ1) is 7.86. The van der Waals surface area contributed by atoms with E-state index < -0.39 is 0 Å². The predicted molar refractivity (Wildman–Crippen MR) is 43.4 cm³/mol. The Kier molecular flexibility index (Phi) is 2.17. The van der Waals surface area contributed by atoms with Gasteiger partial charge in [0, 0.05) is 0 Å². The van der Waals surface area contributed by atoms with E-state index in [-0.39, 0.29) is 12.2 Å². The Hall–Kier alpha value is -0.770. The van der Waals surface area contributed by atoms with Crippen LogP contribution < -0.4 is 10.9 Å². The van der Waals surface area contributed by atoms with E-state index in [0.717, 1.165) is 6.54 Å². The summed E-state index contributed by atoms with van der Waals surface area (Å²) in [6.45, 7) is 0.746. The lowest BCUT2D eigenvalue weighted by Gasteiger charge is -2.28. The molecular weight excluding hydrogens is 156 g/mol. The van der Waals surface area contributed by atoms with E-state index in [1.807, 2.05) is 0 Å². The second kappa shape index (κ2) is 3.31. The number of hydrazine groups is 1. The Balaban J connectivity index is 1.89. The van der Waals surface area contributed by atoms with Gasteiger partial charge < -0.3 is 4.74 Å². The summed E-state index contributed by atoms with van der Waals surface area (Å²) in [5.41, 5.74) is 5.26. The minimum Gasteiger partial charge on any atom is -0.444 e. The molecular formula is C8H14N2O2. The Morgan fingerprint density at radius 1 is 1.33 bits per heavy atom. The summed E-state index contributed by atoms with van der Waals surface area (Å²) >= 11 is 0. The van der Waals surface area contributed by atoms with Crippen LogP contribution in [0.1, 0.15) is 25.7 Å². The summed E-state index contributed by atoms with van der Waals surface area (Å²) < 4.78 is 5.16. The third kappa shape index (κ3) is 1.53. The number of nitrogens with one attached hydrogen (secondary N) is 2. The van der Waals surface area contributed by atoms with E-state index >= 15 is 0 Å². The van der Waals surface area contributed by atoms with Gasteiger partial charge in [-0.05, 0) is 18.8 Å². The van der Waals surface area contributed by atoms with Gasteiger partial charge >= 0.3 is 6.09 Å². The first-order valence-electron chi connectivity index (χ1n) is 4.56. The van der Waals surface area contributed by atoms with Gasteiger partial charge in [-0.3, -0.25) is 5.43 Å². The van der Waals surface area contributed by atoms with Crippen molar-refractivity contribution in [1.29, 1.82) is 0 Å². The average Bonchev–Trinajstić information content (AvgIpc) is 2.56. The van der Waals surface area contributed by atoms with Gasteiger partial charge in [-0.1, -0.05) is 12.8 Å². The zero-order valence-electron chi connectivity index (χ0n) is 7.01. The van der Waals surface area contributed by atoms with Crippen LogP contribution in [-0.4, -0.2) is 18.7 Å². The Morgan fingerprint density at radius 2 is 2.08 bits per heavy atom. The number of carbonyl (C=O) groups is 1. The average molecular weight is 170 g/mol. The van der Waals surface area contributed by atoms with Gasteiger partial charge in [0.2, 0.25) is 0 Å². The molecule has 1 aliphatic heterocycles. The molecule has 1 aliphatic carbocycles. The molecule has 4 nitrogen and oxygen atoms in total. The van der Waals surface area contributed by atoms with Crippen LogP contribution in [0, 0.1) is 5.92 Å². The minimum absolute atomic E-state index is 0.0984. The maximum atomic E-state index is 10.8. The number of ether oxygens (including phenoxy) is 1. The van der Waals surface area contributed by atoms with Crippen LogP contribution in [0.4, 0.5) is 4.79 Å². The molecule has 0 aromatic heterocycles. The second-order valence-electron chi connectivity index (χ2n) is 3.49. The number of carbonyl (C=O) groups excluding carboxylic acids is 1. The van der Waals surface area contributed by atoms with Gasteiger partial charge in [0.25, 0.3) is 0 Å². The van der Waals surface area contributed by atoms with Crippen molar-refractivity contribution >= 4 is 6.09 Å². The fraction of sp³-hybridized carbons (Fsp3) is 0.875. The molecule has 0 radical (unpaired) electrons. The van der Waals surface area contributed by atoms with Crippen LogP contribution in [0.2, 0.25) is 0 Å². The van der Waals surface area contributed by atoms with Crippen molar-refractivity contribution in [3.05, 3.63) is 0 Å². The first-order valence-corrected chi connectivity index (χ1v) is 4.56. The quantitative estimate of drug-likeness (QED) is 0.611. The van der Waals surface area contributed by atoms with E-state index in [4.69, 9.17) is 4.74 Å². The van der Waals surface area contributed by atoms with Crippen LogP contribution in [0.5, 0.6) is 0 Å². The molecule has 2 N–H and O–H groups in total. The fourth-order valence-corrected chi connectivity index (χ4v) is 2.02. The number of cyclic esters (lactones) is 1. The topological polar surface area (TPSA) is 50.4 Å². The summed E-state index contributed by atoms with van der Waals surface area (Å²) in [5.74, 6) is 0.587. The summed E-state index contributed by atoms with van der Waals surface area (Å²) in [7, 11) is 0. The van der Waals surface area contributed by atoms with Crippen LogP contribution in [0.15, 0.2) is 0 Å². The van der Waals surface area contributed by atoms with Crippen molar-refractivity contribution < 1.29 is 9.53 Å². The van der Waals surface area contributed by atoms with Gasteiger partial charge in [0.05, 0.1) is 6.54 Å². The molecule has 1 heterocycles. The third-order valence-electron chi connectivity index (χ3n) is 2.68. The van der Waals surface area contributed by atoms with E-state index in [0.29, 0.717) is 5.92 Å². The molecule has 2 fully saturated rings. The Labute approximate surface area is 71.6 Å².